The lowest BCUT2D eigenvalue weighted by molar-refractivity contribution is 0.403. The van der Waals surface area contributed by atoms with E-state index in [2.05, 4.69) is 39.4 Å². The predicted molar refractivity (Wildman–Crippen MR) is 88.5 cm³/mol. The molecule has 1 saturated heterocycles. The van der Waals surface area contributed by atoms with Crippen LogP contribution in [0.3, 0.4) is 0 Å². The van der Waals surface area contributed by atoms with E-state index >= 15 is 0 Å². The third kappa shape index (κ3) is 3.15. The van der Waals surface area contributed by atoms with E-state index < -0.39 is 0 Å². The van der Waals surface area contributed by atoms with Crippen LogP contribution in [0.5, 0.6) is 0 Å². The number of piperidine rings is 1. The van der Waals surface area contributed by atoms with Crippen molar-refractivity contribution in [2.45, 2.75) is 18.3 Å². The lowest BCUT2D eigenvalue weighted by atomic mass is 9.77. The fraction of sp³-hybridized carbons (Fsp3) is 0.294. The molecule has 1 heterocycles. The summed E-state index contributed by atoms with van der Waals surface area (Å²) in [6, 6.07) is 13.0. The number of halogens is 3. The molecule has 1 nitrogen and oxygen atoms in total. The molecule has 4 heteroatoms. The second-order valence-corrected chi connectivity index (χ2v) is 6.65. The Morgan fingerprint density at radius 2 is 1.90 bits per heavy atom. The van der Waals surface area contributed by atoms with Crippen molar-refractivity contribution in [2.75, 3.05) is 13.1 Å². The second kappa shape index (κ2) is 6.47. The molecule has 1 aliphatic heterocycles. The standard InChI is InChI=1S/C17H16BrClFN/c18-16-4-2-1-3-13(16)15-10-21-8-7-12(15)14-6-5-11(20)9-17(14)19/h1-6,9,12,15,21H,7-8,10H2. The van der Waals surface area contributed by atoms with Crippen molar-refractivity contribution in [1.29, 1.82) is 0 Å². The van der Waals surface area contributed by atoms with Gasteiger partial charge < -0.3 is 5.32 Å². The third-order valence-corrected chi connectivity index (χ3v) is 5.20. The van der Waals surface area contributed by atoms with E-state index in [-0.39, 0.29) is 5.82 Å². The summed E-state index contributed by atoms with van der Waals surface area (Å²) in [5.74, 6) is 0.352. The van der Waals surface area contributed by atoms with E-state index in [1.54, 1.807) is 0 Å². The molecule has 2 unspecified atom stereocenters. The van der Waals surface area contributed by atoms with Gasteiger partial charge in [-0.2, -0.15) is 0 Å². The summed E-state index contributed by atoms with van der Waals surface area (Å²) in [6.45, 7) is 1.86. The molecule has 3 rings (SSSR count). The van der Waals surface area contributed by atoms with Crippen LogP contribution in [0.4, 0.5) is 4.39 Å². The molecule has 0 aromatic heterocycles. The molecule has 0 saturated carbocycles. The Bertz CT molecular complexity index is 646. The van der Waals surface area contributed by atoms with Crippen molar-refractivity contribution in [3.05, 3.63) is 68.9 Å². The molecule has 1 N–H and O–H groups in total. The maximum absolute atomic E-state index is 13.3. The SMILES string of the molecule is Fc1ccc(C2CCNCC2c2ccccc2Br)c(Cl)c1. The molecule has 0 radical (unpaired) electrons. The van der Waals surface area contributed by atoms with Gasteiger partial charge in [0.05, 0.1) is 0 Å². The monoisotopic (exact) mass is 367 g/mol. The van der Waals surface area contributed by atoms with Crippen molar-refractivity contribution >= 4 is 27.5 Å². The van der Waals surface area contributed by atoms with Gasteiger partial charge in [0.2, 0.25) is 0 Å². The Kier molecular flexibility index (Phi) is 4.63. The van der Waals surface area contributed by atoms with E-state index in [0.29, 0.717) is 16.9 Å². The molecule has 0 amide bonds. The Hall–Kier alpha value is -0.900. The lowest BCUT2D eigenvalue weighted by Crippen LogP contribution is -2.34. The third-order valence-electron chi connectivity index (χ3n) is 4.15. The molecular weight excluding hydrogens is 353 g/mol. The van der Waals surface area contributed by atoms with Crippen molar-refractivity contribution in [2.24, 2.45) is 0 Å². The van der Waals surface area contributed by atoms with E-state index in [4.69, 9.17) is 11.6 Å². The van der Waals surface area contributed by atoms with Gasteiger partial charge in [-0.25, -0.2) is 4.39 Å². The lowest BCUT2D eigenvalue weighted by Gasteiger charge is -2.34. The Morgan fingerprint density at radius 3 is 2.67 bits per heavy atom. The van der Waals surface area contributed by atoms with Gasteiger partial charge in [-0.1, -0.05) is 51.8 Å². The molecule has 2 aromatic carbocycles. The smallest absolute Gasteiger partial charge is 0.124 e. The molecular formula is C17H16BrClFN. The molecule has 0 aliphatic carbocycles. The first-order chi connectivity index (χ1) is 10.2. The minimum absolute atomic E-state index is 0.282. The topological polar surface area (TPSA) is 12.0 Å². The summed E-state index contributed by atoms with van der Waals surface area (Å²) < 4.78 is 14.4. The van der Waals surface area contributed by atoms with Gasteiger partial charge in [0.1, 0.15) is 5.82 Å². The molecule has 0 bridgehead atoms. The van der Waals surface area contributed by atoms with Gasteiger partial charge in [0, 0.05) is 22.0 Å². The van der Waals surface area contributed by atoms with Crippen LogP contribution in [0, 0.1) is 5.82 Å². The summed E-state index contributed by atoms with van der Waals surface area (Å²) in [4.78, 5) is 0. The zero-order valence-corrected chi connectivity index (χ0v) is 13.8. The average Bonchev–Trinajstić information content (AvgIpc) is 2.48. The molecule has 110 valence electrons. The molecule has 2 aromatic rings. The van der Waals surface area contributed by atoms with Gasteiger partial charge in [-0.05, 0) is 48.2 Å². The number of rotatable bonds is 2. The van der Waals surface area contributed by atoms with Crippen LogP contribution in [0.2, 0.25) is 5.02 Å². The minimum Gasteiger partial charge on any atom is -0.316 e. The zero-order valence-electron chi connectivity index (χ0n) is 11.5. The fourth-order valence-electron chi connectivity index (χ4n) is 3.14. The summed E-state index contributed by atoms with van der Waals surface area (Å²) in [5.41, 5.74) is 2.32. The van der Waals surface area contributed by atoms with Crippen molar-refractivity contribution in [3.63, 3.8) is 0 Å². The minimum atomic E-state index is -0.282. The van der Waals surface area contributed by atoms with Crippen LogP contribution >= 0.6 is 27.5 Å². The van der Waals surface area contributed by atoms with Crippen LogP contribution in [-0.4, -0.2) is 13.1 Å². The Morgan fingerprint density at radius 1 is 1.10 bits per heavy atom. The van der Waals surface area contributed by atoms with Gasteiger partial charge >= 0.3 is 0 Å². The number of nitrogens with one attached hydrogen (secondary N) is 1. The molecule has 21 heavy (non-hydrogen) atoms. The van der Waals surface area contributed by atoms with Crippen LogP contribution in [-0.2, 0) is 0 Å². The van der Waals surface area contributed by atoms with Crippen LogP contribution in [0.25, 0.3) is 0 Å². The van der Waals surface area contributed by atoms with Crippen molar-refractivity contribution in [1.82, 2.24) is 5.32 Å². The first-order valence-corrected chi connectivity index (χ1v) is 8.24. The summed E-state index contributed by atoms with van der Waals surface area (Å²) in [5, 5.41) is 3.98. The maximum atomic E-state index is 13.3. The van der Waals surface area contributed by atoms with Gasteiger partial charge in [0.25, 0.3) is 0 Å². The van der Waals surface area contributed by atoms with Crippen LogP contribution < -0.4 is 5.32 Å². The Balaban J connectivity index is 2.00. The number of hydrogen-bond acceptors (Lipinski definition) is 1. The highest BCUT2D eigenvalue weighted by Crippen LogP contribution is 2.42. The van der Waals surface area contributed by atoms with E-state index in [9.17, 15) is 4.39 Å². The quantitative estimate of drug-likeness (QED) is 0.777. The first kappa shape index (κ1) is 15.0. The van der Waals surface area contributed by atoms with Crippen molar-refractivity contribution < 1.29 is 4.39 Å². The van der Waals surface area contributed by atoms with E-state index in [0.717, 1.165) is 29.5 Å². The normalized spacial score (nSPS) is 22.2. The zero-order chi connectivity index (χ0) is 14.8. The molecule has 1 fully saturated rings. The van der Waals surface area contributed by atoms with Gasteiger partial charge in [-0.15, -0.1) is 0 Å². The second-order valence-electron chi connectivity index (χ2n) is 5.39. The van der Waals surface area contributed by atoms with Gasteiger partial charge in [-0.3, -0.25) is 0 Å². The van der Waals surface area contributed by atoms with Crippen molar-refractivity contribution in [3.8, 4) is 0 Å². The van der Waals surface area contributed by atoms with Gasteiger partial charge in [0.15, 0.2) is 0 Å². The number of hydrogen-bond donors (Lipinski definition) is 1. The highest BCUT2D eigenvalue weighted by molar-refractivity contribution is 9.10. The number of benzene rings is 2. The van der Waals surface area contributed by atoms with Crippen LogP contribution in [0.15, 0.2) is 46.9 Å². The highest BCUT2D eigenvalue weighted by Gasteiger charge is 2.30. The van der Waals surface area contributed by atoms with Crippen LogP contribution in [0.1, 0.15) is 29.4 Å². The van der Waals surface area contributed by atoms with E-state index in [1.807, 2.05) is 12.1 Å². The van der Waals surface area contributed by atoms with E-state index in [1.165, 1.54) is 17.7 Å². The summed E-state index contributed by atoms with van der Waals surface area (Å²) in [7, 11) is 0. The molecule has 0 spiro atoms. The first-order valence-electron chi connectivity index (χ1n) is 7.07. The average molecular weight is 369 g/mol. The summed E-state index contributed by atoms with van der Waals surface area (Å²) >= 11 is 9.92. The fourth-order valence-corrected chi connectivity index (χ4v) is 4.02. The molecule has 1 aliphatic rings. The molecule has 2 atom stereocenters. The largest absolute Gasteiger partial charge is 0.316 e. The predicted octanol–water partition coefficient (Wildman–Crippen LogP) is 5.10. The highest BCUT2D eigenvalue weighted by atomic mass is 79.9. The maximum Gasteiger partial charge on any atom is 0.124 e. The Labute approximate surface area is 137 Å². The summed E-state index contributed by atoms with van der Waals surface area (Å²) in [6.07, 6.45) is 0.997.